The van der Waals surface area contributed by atoms with E-state index in [0.717, 1.165) is 11.3 Å². The van der Waals surface area contributed by atoms with Gasteiger partial charge in [-0.15, -0.1) is 5.10 Å². The van der Waals surface area contributed by atoms with Crippen molar-refractivity contribution in [3.63, 3.8) is 0 Å². The molecule has 0 bridgehead atoms. The summed E-state index contributed by atoms with van der Waals surface area (Å²) >= 11 is 0. The second-order valence-electron chi connectivity index (χ2n) is 9.56. The van der Waals surface area contributed by atoms with Gasteiger partial charge in [0, 0.05) is 42.9 Å². The first-order valence-electron chi connectivity index (χ1n) is 12.8. The molecule has 2 aliphatic heterocycles. The predicted octanol–water partition coefficient (Wildman–Crippen LogP) is 2.79. The highest BCUT2D eigenvalue weighted by Crippen LogP contribution is 2.45. The highest BCUT2D eigenvalue weighted by molar-refractivity contribution is 6.07. The fourth-order valence-electron chi connectivity index (χ4n) is 5.02. The van der Waals surface area contributed by atoms with Crippen LogP contribution < -0.4 is 9.80 Å². The molecule has 2 aliphatic rings. The van der Waals surface area contributed by atoms with E-state index in [-0.39, 0.29) is 25.2 Å². The summed E-state index contributed by atoms with van der Waals surface area (Å²) in [4.78, 5) is 28.9. The van der Waals surface area contributed by atoms with Gasteiger partial charge in [-0.3, -0.25) is 14.4 Å². The monoisotopic (exact) mass is 517 g/mol. The number of amides is 2. The zero-order valence-corrected chi connectivity index (χ0v) is 21.2. The second-order valence-corrected chi connectivity index (χ2v) is 9.56. The number of hydrogen-bond acceptors (Lipinski definition) is 7. The van der Waals surface area contributed by atoms with Gasteiger partial charge in [0.05, 0.1) is 24.5 Å². The van der Waals surface area contributed by atoms with Crippen LogP contribution in [-0.2, 0) is 34.6 Å². The Balaban J connectivity index is 1.31. The van der Waals surface area contributed by atoms with Crippen molar-refractivity contribution in [1.29, 1.82) is 0 Å². The molecule has 3 aromatic rings. The first-order valence-corrected chi connectivity index (χ1v) is 12.8. The van der Waals surface area contributed by atoms with E-state index in [1.165, 1.54) is 0 Å². The van der Waals surface area contributed by atoms with Crippen molar-refractivity contribution >= 4 is 23.4 Å². The van der Waals surface area contributed by atoms with Crippen molar-refractivity contribution in [2.45, 2.75) is 38.5 Å². The van der Waals surface area contributed by atoms with Crippen molar-refractivity contribution in [1.82, 2.24) is 15.0 Å². The number of aliphatic hydroxyl groups excluding tert-OH is 1. The summed E-state index contributed by atoms with van der Waals surface area (Å²) in [6, 6.07) is 14.8. The Kier molecular flexibility index (Phi) is 7.26. The molecule has 2 N–H and O–H groups in total. The average Bonchev–Trinajstić information content (AvgIpc) is 3.62. The lowest BCUT2D eigenvalue weighted by atomic mass is 9.83. The zero-order valence-electron chi connectivity index (χ0n) is 21.2. The second kappa shape index (κ2) is 10.8. The minimum Gasteiger partial charge on any atom is -0.447 e. The molecular weight excluding hydrogens is 486 g/mol. The summed E-state index contributed by atoms with van der Waals surface area (Å²) in [6.45, 7) is 3.55. The molecule has 2 amide bonds. The van der Waals surface area contributed by atoms with Crippen LogP contribution in [-0.4, -0.2) is 57.0 Å². The van der Waals surface area contributed by atoms with Crippen LogP contribution in [0.5, 0.6) is 0 Å². The fraction of sp³-hybridized carbons (Fsp3) is 0.357. The van der Waals surface area contributed by atoms with E-state index in [2.05, 4.69) is 10.3 Å². The standard InChI is InChI=1S/C28H31N5O5/c1-20(7-4-5-13-31-19-22(12-15-34)29-30-31)28(37)24-10-2-3-11-25(24)33(26(28)35)18-21-8-6-9-23(17-21)32-14-16-38-27(32)36/h2-4,6-11,17,19-20,34,37H,5,12-16,18H2,1H3/b7-4+/t20-,28+/m0/s1. The van der Waals surface area contributed by atoms with E-state index in [9.17, 15) is 14.7 Å². The molecule has 5 rings (SSSR count). The van der Waals surface area contributed by atoms with Crippen LogP contribution in [0.3, 0.4) is 0 Å². The van der Waals surface area contributed by atoms with Gasteiger partial charge in [0.1, 0.15) is 6.61 Å². The van der Waals surface area contributed by atoms with E-state index in [1.807, 2.05) is 61.5 Å². The van der Waals surface area contributed by atoms with Crippen molar-refractivity contribution in [2.24, 2.45) is 5.92 Å². The summed E-state index contributed by atoms with van der Waals surface area (Å²) in [5.41, 5.74) is 1.83. The van der Waals surface area contributed by atoms with Gasteiger partial charge in [0.25, 0.3) is 5.91 Å². The molecule has 1 aromatic heterocycles. The quantitative estimate of drug-likeness (QED) is 0.397. The Morgan fingerprint density at radius 2 is 2.03 bits per heavy atom. The van der Waals surface area contributed by atoms with Crippen LogP contribution in [0.1, 0.15) is 30.2 Å². The van der Waals surface area contributed by atoms with E-state index in [4.69, 9.17) is 9.84 Å². The molecule has 2 aromatic carbocycles. The van der Waals surface area contributed by atoms with Crippen molar-refractivity contribution in [3.05, 3.63) is 83.7 Å². The van der Waals surface area contributed by atoms with Crippen LogP contribution >= 0.6 is 0 Å². The molecule has 0 saturated carbocycles. The maximum atomic E-state index is 13.8. The Hall–Kier alpha value is -4.02. The Labute approximate surface area is 220 Å². The number of nitrogens with zero attached hydrogens (tertiary/aromatic N) is 5. The lowest BCUT2D eigenvalue weighted by Gasteiger charge is -2.27. The van der Waals surface area contributed by atoms with Gasteiger partial charge in [0.2, 0.25) is 0 Å². The number of rotatable bonds is 10. The molecule has 1 fully saturated rings. The maximum absolute atomic E-state index is 13.8. The number of aryl methyl sites for hydroxylation is 1. The van der Waals surface area contributed by atoms with E-state index in [1.54, 1.807) is 26.7 Å². The molecule has 0 unspecified atom stereocenters. The van der Waals surface area contributed by atoms with Crippen LogP contribution in [0, 0.1) is 5.92 Å². The number of cyclic esters (lactones) is 1. The normalized spacial score (nSPS) is 19.9. The van der Waals surface area contributed by atoms with Crippen molar-refractivity contribution < 1.29 is 24.5 Å². The molecule has 2 atom stereocenters. The summed E-state index contributed by atoms with van der Waals surface area (Å²) in [6.07, 6.45) is 6.34. The predicted molar refractivity (Wildman–Crippen MR) is 140 cm³/mol. The Morgan fingerprint density at radius 1 is 1.18 bits per heavy atom. The summed E-state index contributed by atoms with van der Waals surface area (Å²) in [7, 11) is 0. The van der Waals surface area contributed by atoms with E-state index >= 15 is 0 Å². The third kappa shape index (κ3) is 4.80. The topological polar surface area (TPSA) is 121 Å². The minimum absolute atomic E-state index is 0.0275. The van der Waals surface area contributed by atoms with Gasteiger partial charge >= 0.3 is 6.09 Å². The van der Waals surface area contributed by atoms with Gasteiger partial charge < -0.3 is 19.8 Å². The number of hydrogen-bond donors (Lipinski definition) is 2. The van der Waals surface area contributed by atoms with E-state index < -0.39 is 11.5 Å². The molecule has 0 spiro atoms. The highest BCUT2D eigenvalue weighted by Gasteiger charge is 2.52. The van der Waals surface area contributed by atoms with E-state index in [0.29, 0.717) is 49.5 Å². The largest absolute Gasteiger partial charge is 0.447 e. The first-order chi connectivity index (χ1) is 18.4. The minimum atomic E-state index is -1.70. The number of aromatic nitrogens is 3. The number of anilines is 2. The molecule has 1 saturated heterocycles. The van der Waals surface area contributed by atoms with Crippen LogP contribution in [0.4, 0.5) is 16.2 Å². The molecule has 0 radical (unpaired) electrons. The summed E-state index contributed by atoms with van der Waals surface area (Å²) in [5, 5.41) is 28.9. The number of ether oxygens (including phenoxy) is 1. The SMILES string of the molecule is C[C@@H](/C=C/CCn1cc(CCO)nn1)[C@]1(O)C(=O)N(Cc2cccc(N3CCOC3=O)c2)c2ccccc21. The van der Waals surface area contributed by atoms with Crippen molar-refractivity contribution in [2.75, 3.05) is 29.6 Å². The third-order valence-electron chi connectivity index (χ3n) is 7.06. The van der Waals surface area contributed by atoms with Gasteiger partial charge in [-0.1, -0.05) is 54.6 Å². The number of fused-ring (bicyclic) bond motifs is 1. The molecule has 10 heteroatoms. The van der Waals surface area contributed by atoms with Gasteiger partial charge in [-0.25, -0.2) is 4.79 Å². The first kappa shape index (κ1) is 25.6. The summed E-state index contributed by atoms with van der Waals surface area (Å²) in [5.74, 6) is -0.862. The van der Waals surface area contributed by atoms with Gasteiger partial charge in [0.15, 0.2) is 5.60 Å². The number of carbonyl (C=O) groups excluding carboxylic acids is 2. The number of carbonyl (C=O) groups is 2. The molecule has 3 heterocycles. The average molecular weight is 518 g/mol. The lowest BCUT2D eigenvalue weighted by Crippen LogP contribution is -2.44. The maximum Gasteiger partial charge on any atom is 0.414 e. The molecule has 38 heavy (non-hydrogen) atoms. The Morgan fingerprint density at radius 3 is 2.82 bits per heavy atom. The van der Waals surface area contributed by atoms with Crippen molar-refractivity contribution in [3.8, 4) is 0 Å². The third-order valence-corrected chi connectivity index (χ3v) is 7.06. The number of benzene rings is 2. The number of para-hydroxylation sites is 1. The molecule has 0 aliphatic carbocycles. The molecular formula is C28H31N5O5. The van der Waals surface area contributed by atoms with Crippen LogP contribution in [0.2, 0.25) is 0 Å². The fourth-order valence-corrected chi connectivity index (χ4v) is 5.02. The van der Waals surface area contributed by atoms with Crippen LogP contribution in [0.15, 0.2) is 66.9 Å². The Bertz CT molecular complexity index is 1350. The van der Waals surface area contributed by atoms with Gasteiger partial charge in [-0.05, 0) is 30.2 Å². The number of allylic oxidation sites excluding steroid dienone is 1. The smallest absolute Gasteiger partial charge is 0.414 e. The number of aliphatic hydroxyl groups is 2. The highest BCUT2D eigenvalue weighted by atomic mass is 16.6. The zero-order chi connectivity index (χ0) is 26.7. The molecule has 198 valence electrons. The summed E-state index contributed by atoms with van der Waals surface area (Å²) < 4.78 is 6.76. The van der Waals surface area contributed by atoms with Crippen LogP contribution in [0.25, 0.3) is 0 Å². The van der Waals surface area contributed by atoms with Gasteiger partial charge in [-0.2, -0.15) is 0 Å². The molecule has 10 nitrogen and oxygen atoms in total. The lowest BCUT2D eigenvalue weighted by molar-refractivity contribution is -0.139.